The van der Waals surface area contributed by atoms with Crippen molar-refractivity contribution in [2.45, 2.75) is 6.92 Å². The second kappa shape index (κ2) is 3.14. The smallest absolute Gasteiger partial charge is 0.150 e. The molecule has 0 unspecified atom stereocenters. The van der Waals surface area contributed by atoms with E-state index >= 15 is 0 Å². The summed E-state index contributed by atoms with van der Waals surface area (Å²) in [4.78, 5) is 0. The molecule has 0 bridgehead atoms. The van der Waals surface area contributed by atoms with E-state index in [0.717, 1.165) is 5.69 Å². The van der Waals surface area contributed by atoms with Gasteiger partial charge in [-0.15, -0.1) is 0 Å². The third-order valence-corrected chi connectivity index (χ3v) is 1.97. The minimum atomic E-state index is -0.367. The Hall–Kier alpha value is -1.84. The lowest BCUT2D eigenvalue weighted by Crippen LogP contribution is -2.03. The summed E-state index contributed by atoms with van der Waals surface area (Å²) in [5.74, 6) is -0.367. The predicted octanol–water partition coefficient (Wildman–Crippen LogP) is 1.90. The summed E-state index contributed by atoms with van der Waals surface area (Å²) < 4.78 is 14.8. The van der Waals surface area contributed by atoms with Gasteiger partial charge in [-0.3, -0.25) is 0 Å². The number of nitrogen functional groups attached to an aromatic ring is 1. The van der Waals surface area contributed by atoms with Crippen molar-refractivity contribution in [1.82, 2.24) is 9.78 Å². The van der Waals surface area contributed by atoms with E-state index in [-0.39, 0.29) is 5.82 Å². The fourth-order valence-corrected chi connectivity index (χ4v) is 1.31. The molecule has 4 heteroatoms. The average molecular weight is 191 g/mol. The van der Waals surface area contributed by atoms with Crippen LogP contribution < -0.4 is 5.73 Å². The van der Waals surface area contributed by atoms with Gasteiger partial charge in [-0.2, -0.15) is 5.10 Å². The molecule has 1 aromatic carbocycles. The maximum Gasteiger partial charge on any atom is 0.150 e. The van der Waals surface area contributed by atoms with Crippen LogP contribution in [-0.4, -0.2) is 9.78 Å². The molecule has 0 fully saturated rings. The van der Waals surface area contributed by atoms with Gasteiger partial charge in [-0.1, -0.05) is 6.07 Å². The molecular formula is C10H10FN3. The minimum absolute atomic E-state index is 0.306. The van der Waals surface area contributed by atoms with E-state index in [4.69, 9.17) is 5.73 Å². The third kappa shape index (κ3) is 1.35. The van der Waals surface area contributed by atoms with Crippen molar-refractivity contribution >= 4 is 5.69 Å². The Morgan fingerprint density at radius 1 is 1.36 bits per heavy atom. The van der Waals surface area contributed by atoms with Crippen LogP contribution in [-0.2, 0) is 0 Å². The number of nitrogens with two attached hydrogens (primary N) is 1. The first-order chi connectivity index (χ1) is 6.68. The zero-order valence-electron chi connectivity index (χ0n) is 7.74. The molecule has 2 aromatic rings. The van der Waals surface area contributed by atoms with Crippen molar-refractivity contribution < 1.29 is 4.39 Å². The van der Waals surface area contributed by atoms with Crippen molar-refractivity contribution in [3.05, 3.63) is 42.0 Å². The highest BCUT2D eigenvalue weighted by Gasteiger charge is 2.08. The molecule has 72 valence electrons. The molecule has 0 saturated carbocycles. The predicted molar refractivity (Wildman–Crippen MR) is 52.7 cm³/mol. The van der Waals surface area contributed by atoms with Crippen molar-refractivity contribution in [2.24, 2.45) is 0 Å². The van der Waals surface area contributed by atoms with E-state index in [1.54, 1.807) is 24.4 Å². The molecule has 0 spiro atoms. The monoisotopic (exact) mass is 191 g/mol. The first kappa shape index (κ1) is 8.74. The largest absolute Gasteiger partial charge is 0.397 e. The van der Waals surface area contributed by atoms with E-state index < -0.39 is 0 Å². The lowest BCUT2D eigenvalue weighted by atomic mass is 10.2. The van der Waals surface area contributed by atoms with Gasteiger partial charge in [0.15, 0.2) is 5.82 Å². The third-order valence-electron chi connectivity index (χ3n) is 1.97. The number of aromatic nitrogens is 2. The molecule has 0 amide bonds. The van der Waals surface area contributed by atoms with Gasteiger partial charge in [0.05, 0.1) is 11.4 Å². The zero-order chi connectivity index (χ0) is 10.1. The number of halogens is 1. The normalized spacial score (nSPS) is 10.4. The summed E-state index contributed by atoms with van der Waals surface area (Å²) >= 11 is 0. The number of para-hydroxylation sites is 1. The minimum Gasteiger partial charge on any atom is -0.397 e. The number of hydrogen-bond acceptors (Lipinski definition) is 2. The summed E-state index contributed by atoms with van der Waals surface area (Å²) in [7, 11) is 0. The molecule has 1 heterocycles. The van der Waals surface area contributed by atoms with Crippen LogP contribution in [0.25, 0.3) is 5.69 Å². The quantitative estimate of drug-likeness (QED) is 0.699. The van der Waals surface area contributed by atoms with Crippen molar-refractivity contribution in [3.63, 3.8) is 0 Å². The van der Waals surface area contributed by atoms with Crippen LogP contribution in [0.4, 0.5) is 10.1 Å². The molecule has 0 radical (unpaired) electrons. The van der Waals surface area contributed by atoms with E-state index in [2.05, 4.69) is 5.10 Å². The number of hydrogen-bond donors (Lipinski definition) is 1. The van der Waals surface area contributed by atoms with E-state index in [1.165, 1.54) is 10.7 Å². The number of anilines is 1. The fraction of sp³-hybridized carbons (Fsp3) is 0.100. The first-order valence-electron chi connectivity index (χ1n) is 4.25. The van der Waals surface area contributed by atoms with E-state index in [1.807, 2.05) is 6.92 Å². The van der Waals surface area contributed by atoms with Crippen LogP contribution in [0.2, 0.25) is 0 Å². The van der Waals surface area contributed by atoms with Gasteiger partial charge in [-0.05, 0) is 25.1 Å². The fourth-order valence-electron chi connectivity index (χ4n) is 1.31. The molecule has 0 saturated heterocycles. The molecule has 14 heavy (non-hydrogen) atoms. The molecule has 0 atom stereocenters. The van der Waals surface area contributed by atoms with E-state index in [9.17, 15) is 4.39 Å². The molecule has 3 nitrogen and oxygen atoms in total. The molecule has 1 aromatic heterocycles. The Bertz CT molecular complexity index is 442. The summed E-state index contributed by atoms with van der Waals surface area (Å²) in [5, 5.41) is 4.10. The highest BCUT2D eigenvalue weighted by molar-refractivity contribution is 5.57. The second-order valence-electron chi connectivity index (χ2n) is 3.08. The topological polar surface area (TPSA) is 43.8 Å². The highest BCUT2D eigenvalue weighted by atomic mass is 19.1. The number of rotatable bonds is 1. The van der Waals surface area contributed by atoms with Gasteiger partial charge >= 0.3 is 0 Å². The Morgan fingerprint density at radius 2 is 2.14 bits per heavy atom. The maximum atomic E-state index is 13.4. The van der Waals surface area contributed by atoms with Gasteiger partial charge in [0.2, 0.25) is 0 Å². The van der Waals surface area contributed by atoms with Crippen LogP contribution in [0.5, 0.6) is 0 Å². The molecule has 0 aliphatic heterocycles. The Kier molecular flexibility index (Phi) is 1.96. The number of aryl methyl sites for hydroxylation is 1. The Balaban J connectivity index is 2.61. The molecule has 2 N–H and O–H groups in total. The van der Waals surface area contributed by atoms with Crippen molar-refractivity contribution in [1.29, 1.82) is 0 Å². The molecule has 0 aliphatic rings. The summed E-state index contributed by atoms with van der Waals surface area (Å²) in [6, 6.07) is 6.38. The zero-order valence-corrected chi connectivity index (χ0v) is 7.74. The van der Waals surface area contributed by atoms with Crippen LogP contribution in [0.15, 0.2) is 30.5 Å². The first-order valence-corrected chi connectivity index (χ1v) is 4.25. The second-order valence-corrected chi connectivity index (χ2v) is 3.08. The molecule has 0 aliphatic carbocycles. The van der Waals surface area contributed by atoms with Gasteiger partial charge in [-0.25, -0.2) is 9.07 Å². The Morgan fingerprint density at radius 3 is 2.71 bits per heavy atom. The van der Waals surface area contributed by atoms with Crippen molar-refractivity contribution in [3.8, 4) is 5.69 Å². The van der Waals surface area contributed by atoms with Crippen LogP contribution in [0, 0.1) is 12.7 Å². The number of nitrogens with zero attached hydrogens (tertiary/aromatic N) is 2. The Labute approximate surface area is 81.0 Å². The van der Waals surface area contributed by atoms with E-state index in [0.29, 0.717) is 11.4 Å². The maximum absolute atomic E-state index is 13.4. The number of benzene rings is 1. The highest BCUT2D eigenvalue weighted by Crippen LogP contribution is 2.19. The van der Waals surface area contributed by atoms with Crippen LogP contribution >= 0.6 is 0 Å². The van der Waals surface area contributed by atoms with Crippen molar-refractivity contribution in [2.75, 3.05) is 5.73 Å². The van der Waals surface area contributed by atoms with Gasteiger partial charge in [0.1, 0.15) is 5.69 Å². The SMILES string of the molecule is Cc1ccn(-c2c(N)cccc2F)n1. The summed E-state index contributed by atoms with van der Waals surface area (Å²) in [6.07, 6.45) is 1.68. The van der Waals surface area contributed by atoms with Crippen LogP contribution in [0.1, 0.15) is 5.69 Å². The van der Waals surface area contributed by atoms with Gasteiger partial charge in [0.25, 0.3) is 0 Å². The van der Waals surface area contributed by atoms with Crippen LogP contribution in [0.3, 0.4) is 0 Å². The van der Waals surface area contributed by atoms with Gasteiger partial charge < -0.3 is 5.73 Å². The average Bonchev–Trinajstić information content (AvgIpc) is 2.51. The summed E-state index contributed by atoms with van der Waals surface area (Å²) in [5.41, 5.74) is 7.18. The molecule has 2 rings (SSSR count). The van der Waals surface area contributed by atoms with Gasteiger partial charge in [0, 0.05) is 6.20 Å². The summed E-state index contributed by atoms with van der Waals surface area (Å²) in [6.45, 7) is 1.84. The molecular weight excluding hydrogens is 181 g/mol. The lowest BCUT2D eigenvalue weighted by Gasteiger charge is -2.05. The standard InChI is InChI=1S/C10H10FN3/c1-7-5-6-14(13-7)10-8(11)3-2-4-9(10)12/h2-6H,12H2,1H3. The lowest BCUT2D eigenvalue weighted by molar-refractivity contribution is 0.611.